The van der Waals surface area contributed by atoms with Crippen molar-refractivity contribution in [3.8, 4) is 11.3 Å². The summed E-state index contributed by atoms with van der Waals surface area (Å²) in [6, 6.07) is 8.50. The number of hydrogen-bond donors (Lipinski definition) is 1. The molecule has 2 N–H and O–H groups in total. The van der Waals surface area contributed by atoms with Gasteiger partial charge in [-0.25, -0.2) is 13.2 Å². The monoisotopic (exact) mass is 255 g/mol. The molecule has 0 radical (unpaired) electrons. The molecule has 0 aliphatic rings. The molecular weight excluding hydrogens is 243 g/mol. The number of halogens is 3. The number of furan rings is 1. The number of rotatable bonds is 3. The number of benzene rings is 1. The molecule has 1 aromatic carbocycles. The molecule has 1 unspecified atom stereocenters. The van der Waals surface area contributed by atoms with Gasteiger partial charge in [-0.3, -0.25) is 0 Å². The van der Waals surface area contributed by atoms with Gasteiger partial charge in [-0.1, -0.05) is 0 Å². The molecular formula is C13H12F3NO. The standard InChI is InChI=1S/C13H12F3NO/c1-13(17,12(15)16)11-7-6-10(18-11)8-2-4-9(14)5-3-8/h2-7,12H,17H2,1H3. The van der Waals surface area contributed by atoms with Gasteiger partial charge in [0.2, 0.25) is 0 Å². The third-order valence-electron chi connectivity index (χ3n) is 2.72. The van der Waals surface area contributed by atoms with Gasteiger partial charge in [0.25, 0.3) is 6.43 Å². The topological polar surface area (TPSA) is 39.2 Å². The van der Waals surface area contributed by atoms with E-state index in [1.807, 2.05) is 0 Å². The highest BCUT2D eigenvalue weighted by Crippen LogP contribution is 2.30. The number of nitrogens with two attached hydrogens (primary N) is 1. The highest BCUT2D eigenvalue weighted by molar-refractivity contribution is 5.57. The minimum absolute atomic E-state index is 0.00294. The molecule has 0 spiro atoms. The Bertz CT molecular complexity index is 531. The molecule has 0 aliphatic carbocycles. The van der Waals surface area contributed by atoms with Crippen molar-refractivity contribution >= 4 is 0 Å². The fraction of sp³-hybridized carbons (Fsp3) is 0.231. The van der Waals surface area contributed by atoms with E-state index in [1.54, 1.807) is 0 Å². The Balaban J connectivity index is 2.34. The van der Waals surface area contributed by atoms with Crippen molar-refractivity contribution < 1.29 is 17.6 Å². The van der Waals surface area contributed by atoms with Gasteiger partial charge in [-0.2, -0.15) is 0 Å². The molecule has 1 atom stereocenters. The van der Waals surface area contributed by atoms with Crippen LogP contribution in [0.1, 0.15) is 12.7 Å². The summed E-state index contributed by atoms with van der Waals surface area (Å²) in [6.45, 7) is 1.20. The zero-order valence-electron chi connectivity index (χ0n) is 9.66. The van der Waals surface area contributed by atoms with E-state index in [-0.39, 0.29) is 11.6 Å². The maximum absolute atomic E-state index is 12.8. The number of alkyl halides is 2. The van der Waals surface area contributed by atoms with Crippen LogP contribution in [0.5, 0.6) is 0 Å². The van der Waals surface area contributed by atoms with Crippen LogP contribution >= 0.6 is 0 Å². The van der Waals surface area contributed by atoms with Crippen LogP contribution in [0.3, 0.4) is 0 Å². The predicted octanol–water partition coefficient (Wildman–Crippen LogP) is 3.52. The first-order valence-corrected chi connectivity index (χ1v) is 5.34. The first kappa shape index (κ1) is 12.7. The zero-order valence-corrected chi connectivity index (χ0v) is 9.66. The molecule has 0 amide bonds. The van der Waals surface area contributed by atoms with Crippen LogP contribution in [0.4, 0.5) is 13.2 Å². The summed E-state index contributed by atoms with van der Waals surface area (Å²) in [7, 11) is 0. The summed E-state index contributed by atoms with van der Waals surface area (Å²) < 4.78 is 43.5. The fourth-order valence-corrected chi connectivity index (χ4v) is 1.50. The molecule has 5 heteroatoms. The second-order valence-corrected chi connectivity index (χ2v) is 4.25. The largest absolute Gasteiger partial charge is 0.459 e. The minimum Gasteiger partial charge on any atom is -0.459 e. The van der Waals surface area contributed by atoms with Gasteiger partial charge >= 0.3 is 0 Å². The van der Waals surface area contributed by atoms with Gasteiger partial charge in [0.15, 0.2) is 0 Å². The third-order valence-corrected chi connectivity index (χ3v) is 2.72. The fourth-order valence-electron chi connectivity index (χ4n) is 1.50. The molecule has 0 fully saturated rings. The lowest BCUT2D eigenvalue weighted by atomic mass is 10.0. The Morgan fingerprint density at radius 1 is 1.11 bits per heavy atom. The zero-order chi connectivity index (χ0) is 13.3. The Hall–Kier alpha value is -1.75. The van der Waals surface area contributed by atoms with Crippen molar-refractivity contribution in [2.45, 2.75) is 18.9 Å². The van der Waals surface area contributed by atoms with E-state index in [2.05, 4.69) is 0 Å². The summed E-state index contributed by atoms with van der Waals surface area (Å²) in [6.07, 6.45) is -2.73. The van der Waals surface area contributed by atoms with Gasteiger partial charge in [0.05, 0.1) is 0 Å². The van der Waals surface area contributed by atoms with E-state index in [0.717, 1.165) is 0 Å². The van der Waals surface area contributed by atoms with Crippen LogP contribution in [-0.2, 0) is 5.54 Å². The highest BCUT2D eigenvalue weighted by Gasteiger charge is 2.35. The second-order valence-electron chi connectivity index (χ2n) is 4.25. The smallest absolute Gasteiger partial charge is 0.263 e. The van der Waals surface area contributed by atoms with E-state index < -0.39 is 12.0 Å². The SMILES string of the molecule is CC(N)(c1ccc(-c2ccc(F)cc2)o1)C(F)F. The van der Waals surface area contributed by atoms with Gasteiger partial charge in [0, 0.05) is 5.56 Å². The van der Waals surface area contributed by atoms with Crippen LogP contribution in [0.15, 0.2) is 40.8 Å². The van der Waals surface area contributed by atoms with Crippen LogP contribution < -0.4 is 5.73 Å². The van der Waals surface area contributed by atoms with Crippen LogP contribution in [0.25, 0.3) is 11.3 Å². The van der Waals surface area contributed by atoms with Gasteiger partial charge in [0.1, 0.15) is 22.9 Å². The van der Waals surface area contributed by atoms with Crippen molar-refractivity contribution in [3.05, 3.63) is 48.0 Å². The maximum Gasteiger partial charge on any atom is 0.263 e. The first-order valence-electron chi connectivity index (χ1n) is 5.34. The first-order chi connectivity index (χ1) is 8.41. The summed E-state index contributed by atoms with van der Waals surface area (Å²) in [4.78, 5) is 0. The van der Waals surface area contributed by atoms with E-state index in [1.165, 1.54) is 43.3 Å². The molecule has 2 rings (SSSR count). The van der Waals surface area contributed by atoms with Gasteiger partial charge in [-0.05, 0) is 43.3 Å². The second kappa shape index (κ2) is 4.49. The van der Waals surface area contributed by atoms with E-state index in [0.29, 0.717) is 11.3 Å². The van der Waals surface area contributed by atoms with Crippen LogP contribution in [-0.4, -0.2) is 6.43 Å². The molecule has 0 saturated carbocycles. The van der Waals surface area contributed by atoms with Gasteiger partial charge < -0.3 is 10.2 Å². The Kier molecular flexibility index (Phi) is 3.17. The lowest BCUT2D eigenvalue weighted by Gasteiger charge is -2.20. The van der Waals surface area contributed by atoms with Crippen molar-refractivity contribution in [2.75, 3.05) is 0 Å². The molecule has 2 aromatic rings. The average Bonchev–Trinajstić information content (AvgIpc) is 2.79. The molecule has 96 valence electrons. The normalized spacial score (nSPS) is 14.8. The maximum atomic E-state index is 12.8. The molecule has 1 aromatic heterocycles. The van der Waals surface area contributed by atoms with E-state index >= 15 is 0 Å². The van der Waals surface area contributed by atoms with E-state index in [9.17, 15) is 13.2 Å². The Morgan fingerprint density at radius 2 is 1.72 bits per heavy atom. The molecule has 0 aliphatic heterocycles. The van der Waals surface area contributed by atoms with Crippen LogP contribution in [0.2, 0.25) is 0 Å². The average molecular weight is 255 g/mol. The molecule has 2 nitrogen and oxygen atoms in total. The lowest BCUT2D eigenvalue weighted by molar-refractivity contribution is 0.0505. The summed E-state index contributed by atoms with van der Waals surface area (Å²) in [5.74, 6) is 0.000855. The van der Waals surface area contributed by atoms with Crippen molar-refractivity contribution in [3.63, 3.8) is 0 Å². The highest BCUT2D eigenvalue weighted by atomic mass is 19.3. The van der Waals surface area contributed by atoms with E-state index in [4.69, 9.17) is 10.2 Å². The Labute approximate surface area is 102 Å². The third kappa shape index (κ3) is 2.26. The molecule has 0 saturated heterocycles. The van der Waals surface area contributed by atoms with Crippen molar-refractivity contribution in [2.24, 2.45) is 5.73 Å². The van der Waals surface area contributed by atoms with Crippen molar-refractivity contribution in [1.29, 1.82) is 0 Å². The molecule has 1 heterocycles. The molecule has 18 heavy (non-hydrogen) atoms. The van der Waals surface area contributed by atoms with Crippen molar-refractivity contribution in [1.82, 2.24) is 0 Å². The quantitative estimate of drug-likeness (QED) is 0.911. The van der Waals surface area contributed by atoms with Gasteiger partial charge in [-0.15, -0.1) is 0 Å². The van der Waals surface area contributed by atoms with Crippen LogP contribution in [0, 0.1) is 5.82 Å². The molecule has 0 bridgehead atoms. The summed E-state index contributed by atoms with van der Waals surface area (Å²) in [5, 5.41) is 0. The number of hydrogen-bond acceptors (Lipinski definition) is 2. The minimum atomic E-state index is -2.73. The lowest BCUT2D eigenvalue weighted by Crippen LogP contribution is -2.40. The summed E-state index contributed by atoms with van der Waals surface area (Å²) >= 11 is 0. The summed E-state index contributed by atoms with van der Waals surface area (Å²) in [5.41, 5.74) is 4.26. The predicted molar refractivity (Wildman–Crippen MR) is 61.6 cm³/mol. The Morgan fingerprint density at radius 3 is 2.28 bits per heavy atom.